The van der Waals surface area contributed by atoms with Crippen LogP contribution in [0, 0.1) is 0 Å². The van der Waals surface area contributed by atoms with E-state index in [-0.39, 0.29) is 24.0 Å². The predicted octanol–water partition coefficient (Wildman–Crippen LogP) is 3.21. The standard InChI is InChI=1S/C18H25ClN4O2S.HI/c1-18(24,15-4-3-11-25-15)13-21-17(20-2)23-9-7-22(8-10-23)12-14-5-6-16(19)26-14;/h3-6,11,24H,7-10,12-13H2,1-2H3,(H,20,21);1H. The molecule has 1 aliphatic heterocycles. The van der Waals surface area contributed by atoms with E-state index in [9.17, 15) is 5.11 Å². The first kappa shape index (κ1) is 22.5. The molecule has 9 heteroatoms. The first-order valence-corrected chi connectivity index (χ1v) is 9.86. The summed E-state index contributed by atoms with van der Waals surface area (Å²) in [6, 6.07) is 7.60. The molecule has 2 N–H and O–H groups in total. The highest BCUT2D eigenvalue weighted by Crippen LogP contribution is 2.23. The maximum atomic E-state index is 10.6. The van der Waals surface area contributed by atoms with Crippen molar-refractivity contribution in [3.05, 3.63) is 45.5 Å². The number of hydrogen-bond acceptors (Lipinski definition) is 5. The lowest BCUT2D eigenvalue weighted by Gasteiger charge is -2.37. The lowest BCUT2D eigenvalue weighted by atomic mass is 10.0. The zero-order valence-corrected chi connectivity index (χ0v) is 19.4. The van der Waals surface area contributed by atoms with Crippen LogP contribution < -0.4 is 5.32 Å². The maximum absolute atomic E-state index is 10.6. The molecule has 3 heterocycles. The molecular formula is C18H26ClIN4O2S. The lowest BCUT2D eigenvalue weighted by Crippen LogP contribution is -2.53. The molecule has 0 amide bonds. The number of halogens is 2. The van der Waals surface area contributed by atoms with Crippen molar-refractivity contribution >= 4 is 52.9 Å². The molecule has 0 saturated carbocycles. The molecule has 0 spiro atoms. The zero-order valence-electron chi connectivity index (χ0n) is 15.5. The van der Waals surface area contributed by atoms with Crippen molar-refractivity contribution in [3.8, 4) is 0 Å². The Morgan fingerprint density at radius 1 is 1.33 bits per heavy atom. The van der Waals surface area contributed by atoms with Crippen molar-refractivity contribution in [2.45, 2.75) is 19.1 Å². The van der Waals surface area contributed by atoms with E-state index in [1.54, 1.807) is 43.7 Å². The van der Waals surface area contributed by atoms with Crippen LogP contribution in [-0.4, -0.2) is 60.6 Å². The van der Waals surface area contributed by atoms with Gasteiger partial charge in [-0.3, -0.25) is 9.89 Å². The number of piperazine rings is 1. The number of aliphatic hydroxyl groups is 1. The number of nitrogens with zero attached hydrogens (tertiary/aromatic N) is 3. The molecule has 6 nitrogen and oxygen atoms in total. The second-order valence-electron chi connectivity index (χ2n) is 6.62. The number of nitrogens with one attached hydrogen (secondary N) is 1. The highest BCUT2D eigenvalue weighted by molar-refractivity contribution is 14.0. The van der Waals surface area contributed by atoms with Gasteiger partial charge in [-0.05, 0) is 31.2 Å². The van der Waals surface area contributed by atoms with Gasteiger partial charge in [-0.2, -0.15) is 0 Å². The Hall–Kier alpha value is -0.810. The molecule has 27 heavy (non-hydrogen) atoms. The molecule has 2 aromatic heterocycles. The summed E-state index contributed by atoms with van der Waals surface area (Å²) in [5.41, 5.74) is -1.08. The fourth-order valence-corrected chi connectivity index (χ4v) is 4.16. The minimum Gasteiger partial charge on any atom is -0.466 e. The van der Waals surface area contributed by atoms with Gasteiger partial charge < -0.3 is 19.7 Å². The molecule has 1 fully saturated rings. The third kappa shape index (κ3) is 6.08. The van der Waals surface area contributed by atoms with Crippen LogP contribution in [0.4, 0.5) is 0 Å². The van der Waals surface area contributed by atoms with Gasteiger partial charge in [0.25, 0.3) is 0 Å². The van der Waals surface area contributed by atoms with Crippen molar-refractivity contribution in [3.63, 3.8) is 0 Å². The van der Waals surface area contributed by atoms with E-state index in [0.717, 1.165) is 43.0 Å². The molecule has 1 unspecified atom stereocenters. The van der Waals surface area contributed by atoms with Gasteiger partial charge in [-0.15, -0.1) is 35.3 Å². The fraction of sp³-hybridized carbons (Fsp3) is 0.500. The SMILES string of the molecule is CN=C(NCC(C)(O)c1ccco1)N1CCN(Cc2ccc(Cl)s2)CC1.I. The second kappa shape index (κ2) is 10.1. The predicted molar refractivity (Wildman–Crippen MR) is 121 cm³/mol. The molecule has 0 bridgehead atoms. The molecule has 0 aliphatic carbocycles. The van der Waals surface area contributed by atoms with E-state index in [1.165, 1.54) is 4.88 Å². The normalized spacial score (nSPS) is 18.1. The van der Waals surface area contributed by atoms with Crippen LogP contribution >= 0.6 is 46.9 Å². The first-order valence-electron chi connectivity index (χ1n) is 8.66. The number of rotatable bonds is 5. The van der Waals surface area contributed by atoms with Gasteiger partial charge in [-0.1, -0.05) is 11.6 Å². The first-order chi connectivity index (χ1) is 12.5. The zero-order chi connectivity index (χ0) is 18.6. The highest BCUT2D eigenvalue weighted by atomic mass is 127. The Morgan fingerprint density at radius 3 is 2.63 bits per heavy atom. The smallest absolute Gasteiger partial charge is 0.193 e. The molecular weight excluding hydrogens is 499 g/mol. The van der Waals surface area contributed by atoms with Crippen molar-refractivity contribution in [1.82, 2.24) is 15.1 Å². The number of hydrogen-bond donors (Lipinski definition) is 2. The van der Waals surface area contributed by atoms with Gasteiger partial charge >= 0.3 is 0 Å². The molecule has 0 aromatic carbocycles. The van der Waals surface area contributed by atoms with E-state index >= 15 is 0 Å². The summed E-state index contributed by atoms with van der Waals surface area (Å²) in [5, 5.41) is 13.8. The molecule has 1 atom stereocenters. The minimum atomic E-state index is -1.08. The summed E-state index contributed by atoms with van der Waals surface area (Å²) in [7, 11) is 1.77. The third-order valence-electron chi connectivity index (χ3n) is 4.53. The molecule has 1 aliphatic rings. The average molecular weight is 525 g/mol. The van der Waals surface area contributed by atoms with E-state index < -0.39 is 5.60 Å². The topological polar surface area (TPSA) is 64.2 Å². The van der Waals surface area contributed by atoms with Crippen molar-refractivity contribution in [1.29, 1.82) is 0 Å². The minimum absolute atomic E-state index is 0. The summed E-state index contributed by atoms with van der Waals surface area (Å²) >= 11 is 7.65. The van der Waals surface area contributed by atoms with Crippen LogP contribution in [0.2, 0.25) is 4.34 Å². The van der Waals surface area contributed by atoms with Gasteiger partial charge in [0.15, 0.2) is 5.96 Å². The Labute approximate surface area is 186 Å². The fourth-order valence-electron chi connectivity index (χ4n) is 3.03. The maximum Gasteiger partial charge on any atom is 0.193 e. The quantitative estimate of drug-likeness (QED) is 0.357. The molecule has 3 rings (SSSR count). The van der Waals surface area contributed by atoms with Gasteiger partial charge in [0.05, 0.1) is 17.1 Å². The third-order valence-corrected chi connectivity index (χ3v) is 5.75. The van der Waals surface area contributed by atoms with E-state index in [0.29, 0.717) is 12.3 Å². The molecule has 0 radical (unpaired) electrons. The van der Waals surface area contributed by atoms with Crippen LogP contribution in [-0.2, 0) is 12.1 Å². The van der Waals surface area contributed by atoms with Crippen molar-refractivity contribution in [2.24, 2.45) is 4.99 Å². The van der Waals surface area contributed by atoms with E-state index in [2.05, 4.69) is 26.2 Å². The van der Waals surface area contributed by atoms with Crippen LogP contribution in [0.15, 0.2) is 39.9 Å². The molecule has 2 aromatic rings. The van der Waals surface area contributed by atoms with E-state index in [4.69, 9.17) is 16.0 Å². The van der Waals surface area contributed by atoms with Crippen LogP contribution in [0.1, 0.15) is 17.6 Å². The van der Waals surface area contributed by atoms with Crippen LogP contribution in [0.5, 0.6) is 0 Å². The van der Waals surface area contributed by atoms with Gasteiger partial charge in [-0.25, -0.2) is 0 Å². The van der Waals surface area contributed by atoms with Gasteiger partial charge in [0.2, 0.25) is 0 Å². The Morgan fingerprint density at radius 2 is 2.07 bits per heavy atom. The Kier molecular flexibility index (Phi) is 8.41. The summed E-state index contributed by atoms with van der Waals surface area (Å²) in [4.78, 5) is 10.3. The van der Waals surface area contributed by atoms with Crippen molar-refractivity contribution in [2.75, 3.05) is 39.8 Å². The monoisotopic (exact) mass is 524 g/mol. The largest absolute Gasteiger partial charge is 0.466 e. The van der Waals surface area contributed by atoms with Crippen LogP contribution in [0.3, 0.4) is 0 Å². The summed E-state index contributed by atoms with van der Waals surface area (Å²) in [5.74, 6) is 1.34. The van der Waals surface area contributed by atoms with Gasteiger partial charge in [0, 0.05) is 44.6 Å². The summed E-state index contributed by atoms with van der Waals surface area (Å²) < 4.78 is 6.16. The van der Waals surface area contributed by atoms with Crippen molar-refractivity contribution < 1.29 is 9.52 Å². The van der Waals surface area contributed by atoms with Gasteiger partial charge in [0.1, 0.15) is 11.4 Å². The number of furan rings is 1. The summed E-state index contributed by atoms with van der Waals surface area (Å²) in [6.07, 6.45) is 1.57. The van der Waals surface area contributed by atoms with Crippen LogP contribution in [0.25, 0.3) is 0 Å². The molecule has 150 valence electrons. The number of thiophene rings is 1. The Balaban J connectivity index is 0.00000261. The Bertz CT molecular complexity index is 728. The number of guanidine groups is 1. The average Bonchev–Trinajstić information content (AvgIpc) is 3.29. The lowest BCUT2D eigenvalue weighted by molar-refractivity contribution is 0.0376. The number of aliphatic imine (C=N–C) groups is 1. The van der Waals surface area contributed by atoms with E-state index in [1.807, 2.05) is 6.07 Å². The highest BCUT2D eigenvalue weighted by Gasteiger charge is 2.28. The molecule has 1 saturated heterocycles. The second-order valence-corrected chi connectivity index (χ2v) is 8.42. The summed E-state index contributed by atoms with van der Waals surface area (Å²) in [6.45, 7) is 6.71.